The van der Waals surface area contributed by atoms with E-state index in [0.29, 0.717) is 23.1 Å². The first kappa shape index (κ1) is 20.1. The molecular formula is C15H21N4O6S2-. The molecule has 12 heteroatoms. The van der Waals surface area contributed by atoms with Crippen LogP contribution in [0.1, 0.15) is 63.2 Å². The van der Waals surface area contributed by atoms with E-state index in [1.807, 2.05) is 6.92 Å². The van der Waals surface area contributed by atoms with Crippen LogP contribution in [0.25, 0.3) is 11.0 Å². The summed E-state index contributed by atoms with van der Waals surface area (Å²) in [5.41, 5.74) is 1.05. The van der Waals surface area contributed by atoms with Crippen LogP contribution in [0.4, 0.5) is 0 Å². The highest BCUT2D eigenvalue weighted by Gasteiger charge is 2.27. The smallest absolute Gasteiger partial charge is 0.307 e. The third-order valence-electron chi connectivity index (χ3n) is 4.43. The van der Waals surface area contributed by atoms with Crippen molar-refractivity contribution in [1.82, 2.24) is 19.7 Å². The minimum Gasteiger partial charge on any atom is -0.750 e. The molecule has 27 heavy (non-hydrogen) atoms. The molecule has 10 nitrogen and oxygen atoms in total. The highest BCUT2D eigenvalue weighted by Crippen LogP contribution is 2.36. The quantitative estimate of drug-likeness (QED) is 0.487. The summed E-state index contributed by atoms with van der Waals surface area (Å²) < 4.78 is 56.8. The summed E-state index contributed by atoms with van der Waals surface area (Å²) >= 11 is -2.77. The largest absolute Gasteiger partial charge is 0.750 e. The lowest BCUT2D eigenvalue weighted by atomic mass is 10.2. The molecule has 0 bridgehead atoms. The molecule has 150 valence electrons. The lowest BCUT2D eigenvalue weighted by Gasteiger charge is -2.15. The van der Waals surface area contributed by atoms with Crippen LogP contribution in [0.3, 0.4) is 0 Å². The van der Waals surface area contributed by atoms with Gasteiger partial charge >= 0.3 is 10.1 Å². The Morgan fingerprint density at radius 3 is 2.56 bits per heavy atom. The standard InChI is InChI=1S/C15H22N4O6S2/c1-4-11-12-14(19(18-11)10-7-5-6-8-10)16-13(9(2)24-26(20)21)17-15(12)25-27(3,22)23/h9-10H,4-8H2,1-3H3,(H,20,21)/p-1. The zero-order valence-corrected chi connectivity index (χ0v) is 16.9. The molecule has 0 amide bonds. The summed E-state index contributed by atoms with van der Waals surface area (Å²) in [5, 5.41) is 5.04. The molecule has 0 N–H and O–H groups in total. The fourth-order valence-electron chi connectivity index (χ4n) is 3.29. The van der Waals surface area contributed by atoms with Crippen molar-refractivity contribution in [3.63, 3.8) is 0 Å². The van der Waals surface area contributed by atoms with Crippen molar-refractivity contribution >= 4 is 32.5 Å². The number of fused-ring (bicyclic) bond motifs is 1. The van der Waals surface area contributed by atoms with Gasteiger partial charge in [-0.25, -0.2) is 13.9 Å². The van der Waals surface area contributed by atoms with Gasteiger partial charge in [0.1, 0.15) is 11.5 Å². The van der Waals surface area contributed by atoms with Gasteiger partial charge in [0.05, 0.1) is 29.4 Å². The summed E-state index contributed by atoms with van der Waals surface area (Å²) in [6, 6.07) is 0.145. The molecule has 1 fully saturated rings. The van der Waals surface area contributed by atoms with Crippen LogP contribution in [0.2, 0.25) is 0 Å². The van der Waals surface area contributed by atoms with E-state index in [9.17, 15) is 17.2 Å². The third kappa shape index (κ3) is 4.45. The molecule has 2 atom stereocenters. The number of hydrogen-bond donors (Lipinski definition) is 0. The molecule has 1 aliphatic rings. The predicted octanol–water partition coefficient (Wildman–Crippen LogP) is 1.71. The van der Waals surface area contributed by atoms with Crippen LogP contribution in [0.5, 0.6) is 5.88 Å². The molecule has 2 aromatic heterocycles. The van der Waals surface area contributed by atoms with Gasteiger partial charge < -0.3 is 8.74 Å². The Kier molecular flexibility index (Phi) is 5.79. The van der Waals surface area contributed by atoms with Gasteiger partial charge in [-0.2, -0.15) is 18.5 Å². The van der Waals surface area contributed by atoms with Gasteiger partial charge in [-0.15, -0.1) is 0 Å². The molecule has 0 aliphatic heterocycles. The van der Waals surface area contributed by atoms with Crippen molar-refractivity contribution in [3.05, 3.63) is 11.5 Å². The Labute approximate surface area is 159 Å². The van der Waals surface area contributed by atoms with Crippen LogP contribution in [-0.2, 0) is 32.1 Å². The van der Waals surface area contributed by atoms with Crippen molar-refractivity contribution in [3.8, 4) is 5.88 Å². The maximum atomic E-state index is 11.7. The van der Waals surface area contributed by atoms with Gasteiger partial charge in [0.25, 0.3) is 0 Å². The summed E-state index contributed by atoms with van der Waals surface area (Å²) in [6.45, 7) is 3.35. The molecule has 0 aromatic carbocycles. The van der Waals surface area contributed by atoms with Crippen molar-refractivity contribution in [2.75, 3.05) is 6.26 Å². The van der Waals surface area contributed by atoms with Gasteiger partial charge in [0.2, 0.25) is 5.88 Å². The molecule has 1 saturated carbocycles. The molecule has 2 unspecified atom stereocenters. The summed E-state index contributed by atoms with van der Waals surface area (Å²) in [7, 11) is -3.86. The maximum absolute atomic E-state index is 11.7. The number of aryl methyl sites for hydroxylation is 1. The first-order valence-corrected chi connectivity index (χ1v) is 11.5. The molecule has 0 spiro atoms. The lowest BCUT2D eigenvalue weighted by Crippen LogP contribution is -2.13. The highest BCUT2D eigenvalue weighted by atomic mass is 32.2. The van der Waals surface area contributed by atoms with E-state index in [-0.39, 0.29) is 17.7 Å². The zero-order chi connectivity index (χ0) is 19.8. The second kappa shape index (κ2) is 7.78. The Hall–Kier alpha value is -1.63. The molecule has 2 aromatic rings. The normalized spacial score (nSPS) is 18.1. The van der Waals surface area contributed by atoms with Crippen molar-refractivity contribution in [2.24, 2.45) is 0 Å². The average molecular weight is 417 g/mol. The van der Waals surface area contributed by atoms with Crippen LogP contribution >= 0.6 is 0 Å². The Morgan fingerprint density at radius 2 is 2.00 bits per heavy atom. The minimum atomic E-state index is -3.86. The SMILES string of the molecule is CCc1nn(C2CCCC2)c2nc(C(C)OS(=O)[O-])nc(OS(C)(=O)=O)c12. The van der Waals surface area contributed by atoms with Gasteiger partial charge in [0.15, 0.2) is 11.5 Å². The number of rotatable bonds is 7. The van der Waals surface area contributed by atoms with Crippen LogP contribution < -0.4 is 4.18 Å². The number of hydrogen-bond acceptors (Lipinski definition) is 9. The van der Waals surface area contributed by atoms with Crippen molar-refractivity contribution in [2.45, 2.75) is 58.1 Å². The topological polar surface area (TPSA) is 136 Å². The van der Waals surface area contributed by atoms with Crippen LogP contribution in [0.15, 0.2) is 0 Å². The highest BCUT2D eigenvalue weighted by molar-refractivity contribution is 7.86. The lowest BCUT2D eigenvalue weighted by molar-refractivity contribution is 0.213. The van der Waals surface area contributed by atoms with E-state index < -0.39 is 27.6 Å². The summed E-state index contributed by atoms with van der Waals surface area (Å²) in [6.07, 6.45) is 4.48. The van der Waals surface area contributed by atoms with Gasteiger partial charge in [-0.05, 0) is 26.2 Å². The Bertz CT molecular complexity index is 968. The van der Waals surface area contributed by atoms with Crippen molar-refractivity contribution < 1.29 is 25.5 Å². The predicted molar refractivity (Wildman–Crippen MR) is 96.1 cm³/mol. The zero-order valence-electron chi connectivity index (χ0n) is 15.2. The third-order valence-corrected chi connectivity index (χ3v) is 5.34. The van der Waals surface area contributed by atoms with E-state index in [1.165, 1.54) is 6.92 Å². The fraction of sp³-hybridized carbons (Fsp3) is 0.667. The van der Waals surface area contributed by atoms with Gasteiger partial charge in [-0.1, -0.05) is 19.8 Å². The van der Waals surface area contributed by atoms with E-state index >= 15 is 0 Å². The van der Waals surface area contributed by atoms with E-state index in [4.69, 9.17) is 8.37 Å². The molecule has 3 rings (SSSR count). The first-order chi connectivity index (χ1) is 12.7. The van der Waals surface area contributed by atoms with E-state index in [2.05, 4.69) is 15.1 Å². The van der Waals surface area contributed by atoms with Gasteiger partial charge in [-0.3, -0.25) is 4.18 Å². The Balaban J connectivity index is 2.23. The Morgan fingerprint density at radius 1 is 1.33 bits per heavy atom. The molecule has 2 heterocycles. The van der Waals surface area contributed by atoms with Crippen LogP contribution in [0, 0.1) is 0 Å². The number of nitrogens with zero attached hydrogens (tertiary/aromatic N) is 4. The average Bonchev–Trinajstić information content (AvgIpc) is 3.19. The molecular weight excluding hydrogens is 396 g/mol. The molecule has 1 aliphatic carbocycles. The first-order valence-electron chi connectivity index (χ1n) is 8.64. The second-order valence-corrected chi connectivity index (χ2v) is 8.67. The van der Waals surface area contributed by atoms with Crippen LogP contribution in [-0.4, -0.2) is 43.2 Å². The minimum absolute atomic E-state index is 0.00662. The van der Waals surface area contributed by atoms with Crippen molar-refractivity contribution in [1.29, 1.82) is 0 Å². The summed E-state index contributed by atoms with van der Waals surface area (Å²) in [5.74, 6) is -0.155. The second-order valence-electron chi connectivity index (χ2n) is 6.50. The monoisotopic (exact) mass is 417 g/mol. The van der Waals surface area contributed by atoms with E-state index in [1.54, 1.807) is 4.68 Å². The maximum Gasteiger partial charge on any atom is 0.307 e. The molecule has 0 saturated heterocycles. The summed E-state index contributed by atoms with van der Waals surface area (Å²) in [4.78, 5) is 8.57. The number of aromatic nitrogens is 4. The fourth-order valence-corrected chi connectivity index (χ4v) is 4.02. The van der Waals surface area contributed by atoms with Gasteiger partial charge in [0, 0.05) is 0 Å². The van der Waals surface area contributed by atoms with E-state index in [0.717, 1.165) is 31.9 Å². The molecule has 0 radical (unpaired) electrons.